The molecule has 5 nitrogen and oxygen atoms in total. The van der Waals surface area contributed by atoms with Gasteiger partial charge in [0.05, 0.1) is 17.1 Å². The number of carbonyl (C=O) groups excluding carboxylic acids is 1. The van der Waals surface area contributed by atoms with E-state index in [4.69, 9.17) is 10.7 Å². The van der Waals surface area contributed by atoms with Gasteiger partial charge in [-0.15, -0.1) is 12.4 Å². The zero-order valence-corrected chi connectivity index (χ0v) is 16.2. The summed E-state index contributed by atoms with van der Waals surface area (Å²) in [4.78, 5) is 16.9. The molecule has 1 heterocycles. The molecule has 0 aliphatic rings. The topological polar surface area (TPSA) is 72.9 Å². The van der Waals surface area contributed by atoms with Crippen LogP contribution in [0.25, 0.3) is 11.0 Å². The Morgan fingerprint density at radius 2 is 2.00 bits per heavy atom. The van der Waals surface area contributed by atoms with Crippen LogP contribution in [0.1, 0.15) is 46.9 Å². The van der Waals surface area contributed by atoms with Crippen LogP contribution in [0.5, 0.6) is 0 Å². The predicted octanol–water partition coefficient (Wildman–Crippen LogP) is 3.60. The molecule has 6 heteroatoms. The predicted molar refractivity (Wildman–Crippen MR) is 103 cm³/mol. The number of amides is 1. The maximum atomic E-state index is 12.2. The highest BCUT2D eigenvalue weighted by atomic mass is 35.5. The third-order valence-corrected chi connectivity index (χ3v) is 4.38. The second-order valence-electron chi connectivity index (χ2n) is 7.35. The summed E-state index contributed by atoms with van der Waals surface area (Å²) in [6.07, 6.45) is 0.878. The summed E-state index contributed by atoms with van der Waals surface area (Å²) in [5.74, 6) is 1.03. The van der Waals surface area contributed by atoms with E-state index in [9.17, 15) is 4.79 Å². The molecule has 0 spiro atoms. The molecule has 0 aliphatic carbocycles. The monoisotopic (exact) mass is 352 g/mol. The Labute approximate surface area is 150 Å². The number of nitrogens with one attached hydrogen (secondary N) is 1. The number of benzene rings is 1. The van der Waals surface area contributed by atoms with E-state index in [-0.39, 0.29) is 29.6 Å². The number of aromatic nitrogens is 2. The van der Waals surface area contributed by atoms with Crippen molar-refractivity contribution >= 4 is 35.0 Å². The van der Waals surface area contributed by atoms with Gasteiger partial charge in [0.2, 0.25) is 5.91 Å². The first-order valence-corrected chi connectivity index (χ1v) is 8.18. The molecule has 0 aliphatic heterocycles. The standard InChI is InChI=1S/C18H28N4O.ClH/c1-7-11(2)15(19)16(23)20-12-8-9-14-13(10-12)21-17(22(14)6)18(3,4)5;/h8-11,15H,7,19H2,1-6H3,(H,20,23);1H. The molecule has 2 rings (SSSR count). The number of carbonyl (C=O) groups is 1. The average molecular weight is 353 g/mol. The van der Waals surface area contributed by atoms with Gasteiger partial charge in [-0.2, -0.15) is 0 Å². The molecule has 2 atom stereocenters. The van der Waals surface area contributed by atoms with Crippen molar-refractivity contribution in [2.75, 3.05) is 5.32 Å². The van der Waals surface area contributed by atoms with Crippen molar-refractivity contribution in [3.05, 3.63) is 24.0 Å². The Morgan fingerprint density at radius 3 is 2.54 bits per heavy atom. The van der Waals surface area contributed by atoms with Crippen molar-refractivity contribution in [2.24, 2.45) is 18.7 Å². The normalized spacial score (nSPS) is 14.1. The van der Waals surface area contributed by atoms with E-state index in [2.05, 4.69) is 30.7 Å². The Bertz CT molecular complexity index is 718. The zero-order chi connectivity index (χ0) is 17.4. The van der Waals surface area contributed by atoms with Gasteiger partial charge in [-0.25, -0.2) is 4.98 Å². The molecule has 3 N–H and O–H groups in total. The number of nitrogens with zero attached hydrogens (tertiary/aromatic N) is 2. The van der Waals surface area contributed by atoms with E-state index in [1.807, 2.05) is 39.1 Å². The van der Waals surface area contributed by atoms with Crippen LogP contribution >= 0.6 is 12.4 Å². The second-order valence-corrected chi connectivity index (χ2v) is 7.35. The first kappa shape index (κ1) is 20.5. The van der Waals surface area contributed by atoms with Crippen molar-refractivity contribution < 1.29 is 4.79 Å². The van der Waals surface area contributed by atoms with Crippen LogP contribution in [0.3, 0.4) is 0 Å². The summed E-state index contributed by atoms with van der Waals surface area (Å²) in [6, 6.07) is 5.30. The van der Waals surface area contributed by atoms with Gasteiger partial charge in [0.25, 0.3) is 0 Å². The average Bonchev–Trinajstić information content (AvgIpc) is 2.82. The number of rotatable bonds is 4. The van der Waals surface area contributed by atoms with Crippen LogP contribution in [0.4, 0.5) is 5.69 Å². The lowest BCUT2D eigenvalue weighted by Crippen LogP contribution is -2.40. The van der Waals surface area contributed by atoms with Gasteiger partial charge in [0.1, 0.15) is 5.82 Å². The highest BCUT2D eigenvalue weighted by Gasteiger charge is 2.22. The summed E-state index contributed by atoms with van der Waals surface area (Å²) in [5, 5.41) is 2.90. The molecule has 1 aromatic carbocycles. The van der Waals surface area contributed by atoms with E-state index in [0.717, 1.165) is 29.0 Å². The summed E-state index contributed by atoms with van der Waals surface area (Å²) in [5.41, 5.74) is 8.63. The lowest BCUT2D eigenvalue weighted by atomic mass is 9.96. The van der Waals surface area contributed by atoms with Crippen molar-refractivity contribution in [3.63, 3.8) is 0 Å². The first-order chi connectivity index (χ1) is 10.6. The van der Waals surface area contributed by atoms with Crippen molar-refractivity contribution in [1.29, 1.82) is 0 Å². The van der Waals surface area contributed by atoms with Gasteiger partial charge in [0.15, 0.2) is 0 Å². The molecule has 134 valence electrons. The van der Waals surface area contributed by atoms with Crippen molar-refractivity contribution in [1.82, 2.24) is 9.55 Å². The van der Waals surface area contributed by atoms with E-state index in [0.29, 0.717) is 0 Å². The molecule has 24 heavy (non-hydrogen) atoms. The lowest BCUT2D eigenvalue weighted by molar-refractivity contribution is -0.118. The minimum absolute atomic E-state index is 0. The maximum Gasteiger partial charge on any atom is 0.241 e. The number of hydrogen-bond acceptors (Lipinski definition) is 3. The Kier molecular flexibility index (Phi) is 6.42. The van der Waals surface area contributed by atoms with Crippen molar-refractivity contribution in [2.45, 2.75) is 52.5 Å². The smallest absolute Gasteiger partial charge is 0.241 e. The van der Waals surface area contributed by atoms with Crippen LogP contribution in [-0.4, -0.2) is 21.5 Å². The second kappa shape index (κ2) is 7.53. The first-order valence-electron chi connectivity index (χ1n) is 8.18. The molecule has 2 aromatic rings. The number of hydrogen-bond donors (Lipinski definition) is 2. The zero-order valence-electron chi connectivity index (χ0n) is 15.4. The minimum atomic E-state index is -0.496. The van der Waals surface area contributed by atoms with Crippen LogP contribution in [0, 0.1) is 5.92 Å². The Hall–Kier alpha value is -1.59. The van der Waals surface area contributed by atoms with Crippen LogP contribution in [-0.2, 0) is 17.3 Å². The molecule has 1 amide bonds. The van der Waals surface area contributed by atoms with Gasteiger partial charge in [-0.1, -0.05) is 41.0 Å². The molecule has 0 bridgehead atoms. The molecule has 1 aromatic heterocycles. The quantitative estimate of drug-likeness (QED) is 0.882. The van der Waals surface area contributed by atoms with Crippen LogP contribution in [0.2, 0.25) is 0 Å². The van der Waals surface area contributed by atoms with Crippen LogP contribution in [0.15, 0.2) is 18.2 Å². The summed E-state index contributed by atoms with van der Waals surface area (Å²) >= 11 is 0. The SMILES string of the molecule is CCC(C)C(N)C(=O)Nc1ccc2c(c1)nc(C(C)(C)C)n2C.Cl. The van der Waals surface area contributed by atoms with E-state index >= 15 is 0 Å². The number of imidazole rings is 1. The molecule has 2 unspecified atom stereocenters. The van der Waals surface area contributed by atoms with Gasteiger partial charge < -0.3 is 15.6 Å². The minimum Gasteiger partial charge on any atom is -0.331 e. The number of anilines is 1. The molecular weight excluding hydrogens is 324 g/mol. The Morgan fingerprint density at radius 1 is 1.38 bits per heavy atom. The maximum absolute atomic E-state index is 12.2. The molecule has 0 saturated carbocycles. The largest absolute Gasteiger partial charge is 0.331 e. The van der Waals surface area contributed by atoms with E-state index in [1.54, 1.807) is 0 Å². The molecule has 0 fully saturated rings. The number of fused-ring (bicyclic) bond motifs is 1. The van der Waals surface area contributed by atoms with Gasteiger partial charge >= 0.3 is 0 Å². The summed E-state index contributed by atoms with van der Waals surface area (Å²) in [7, 11) is 2.02. The summed E-state index contributed by atoms with van der Waals surface area (Å²) in [6.45, 7) is 10.4. The molecule has 0 radical (unpaired) electrons. The van der Waals surface area contributed by atoms with Gasteiger partial charge in [-0.05, 0) is 24.1 Å². The number of halogens is 1. The fourth-order valence-electron chi connectivity index (χ4n) is 2.69. The van der Waals surface area contributed by atoms with E-state index < -0.39 is 6.04 Å². The third kappa shape index (κ3) is 4.08. The fourth-order valence-corrected chi connectivity index (χ4v) is 2.69. The molecule has 0 saturated heterocycles. The van der Waals surface area contributed by atoms with E-state index in [1.165, 1.54) is 0 Å². The number of aryl methyl sites for hydroxylation is 1. The number of nitrogens with two attached hydrogens (primary N) is 1. The highest BCUT2D eigenvalue weighted by molar-refractivity contribution is 5.96. The fraction of sp³-hybridized carbons (Fsp3) is 0.556. The highest BCUT2D eigenvalue weighted by Crippen LogP contribution is 2.27. The van der Waals surface area contributed by atoms with Gasteiger partial charge in [0, 0.05) is 18.2 Å². The summed E-state index contributed by atoms with van der Waals surface area (Å²) < 4.78 is 2.10. The van der Waals surface area contributed by atoms with Crippen LogP contribution < -0.4 is 11.1 Å². The third-order valence-electron chi connectivity index (χ3n) is 4.38. The Balaban J connectivity index is 0.00000288. The lowest BCUT2D eigenvalue weighted by Gasteiger charge is -2.17. The molecular formula is C18H29ClN4O. The van der Waals surface area contributed by atoms with Crippen molar-refractivity contribution in [3.8, 4) is 0 Å². The van der Waals surface area contributed by atoms with Gasteiger partial charge in [-0.3, -0.25) is 4.79 Å².